The molecule has 0 fully saturated rings. The summed E-state index contributed by atoms with van der Waals surface area (Å²) in [5, 5.41) is 30.6. The number of methoxy groups -OCH3 is 1. The fourth-order valence-corrected chi connectivity index (χ4v) is 3.24. The number of benzene rings is 2. The number of aromatic hydroxyl groups is 1. The van der Waals surface area contributed by atoms with Gasteiger partial charge in [-0.3, -0.25) is 0 Å². The normalized spacial score (nSPS) is 12.8. The highest BCUT2D eigenvalue weighted by Crippen LogP contribution is 2.29. The summed E-state index contributed by atoms with van der Waals surface area (Å²) in [4.78, 5) is 0. The van der Waals surface area contributed by atoms with Gasteiger partial charge in [-0.05, 0) is 53.5 Å². The lowest BCUT2D eigenvalue weighted by molar-refractivity contribution is 0.177. The Labute approximate surface area is 171 Å². The molecule has 150 valence electrons. The number of hydrogen-bond donors (Lipinski definition) is 3. The van der Waals surface area contributed by atoms with Crippen LogP contribution in [0, 0.1) is 0 Å². The highest BCUT2D eigenvalue weighted by molar-refractivity contribution is 6.31. The summed E-state index contributed by atoms with van der Waals surface area (Å²) in [5.74, 6) is 0.816. The van der Waals surface area contributed by atoms with Gasteiger partial charge in [0.2, 0.25) is 0 Å². The molecule has 0 aromatic heterocycles. The quantitative estimate of drug-likeness (QED) is 0.485. The Morgan fingerprint density at radius 2 is 1.86 bits per heavy atom. The molecule has 28 heavy (non-hydrogen) atoms. The molecule has 2 rings (SSSR count). The van der Waals surface area contributed by atoms with Crippen LogP contribution in [0.3, 0.4) is 0 Å². The molecular weight excluding hydrogens is 376 g/mol. The molecule has 0 saturated carbocycles. The van der Waals surface area contributed by atoms with Gasteiger partial charge in [-0.2, -0.15) is 0 Å². The van der Waals surface area contributed by atoms with Crippen molar-refractivity contribution in [3.05, 3.63) is 76.0 Å². The van der Waals surface area contributed by atoms with Gasteiger partial charge >= 0.3 is 0 Å². The Balaban J connectivity index is 2.07. The maximum atomic E-state index is 10.5. The zero-order valence-corrected chi connectivity index (χ0v) is 17.0. The van der Waals surface area contributed by atoms with Gasteiger partial charge in [0.15, 0.2) is 0 Å². The standard InChI is InChI=1S/C23H27ClO4/c1-3-5-16(14-23(27)17-8-11-19(28-2)12-9-17)6-4-7-22(26)20-13-10-18(25)15-21(20)24/h4,8-13,15,22-23,25-27H,3,5,7,14H2,1-2H3/t6?,22-,23-/m1/s1. The van der Waals surface area contributed by atoms with Gasteiger partial charge in [0.05, 0.1) is 24.3 Å². The number of aliphatic hydroxyl groups excluding tert-OH is 2. The van der Waals surface area contributed by atoms with E-state index in [0.29, 0.717) is 23.4 Å². The second-order valence-corrected chi connectivity index (χ2v) is 7.06. The van der Waals surface area contributed by atoms with Crippen LogP contribution in [-0.2, 0) is 0 Å². The molecule has 0 heterocycles. The summed E-state index contributed by atoms with van der Waals surface area (Å²) >= 11 is 6.07. The topological polar surface area (TPSA) is 69.9 Å². The van der Waals surface area contributed by atoms with E-state index in [0.717, 1.165) is 29.7 Å². The molecule has 2 aromatic carbocycles. The molecule has 0 unspecified atom stereocenters. The van der Waals surface area contributed by atoms with Gasteiger partial charge in [-0.1, -0.05) is 43.1 Å². The second-order valence-electron chi connectivity index (χ2n) is 6.65. The van der Waals surface area contributed by atoms with Crippen molar-refractivity contribution in [1.29, 1.82) is 0 Å². The average molecular weight is 403 g/mol. The van der Waals surface area contributed by atoms with E-state index in [1.54, 1.807) is 19.3 Å². The Bertz CT molecular complexity index is 823. The van der Waals surface area contributed by atoms with Crippen molar-refractivity contribution in [3.63, 3.8) is 0 Å². The lowest BCUT2D eigenvalue weighted by Gasteiger charge is -2.13. The van der Waals surface area contributed by atoms with E-state index in [-0.39, 0.29) is 5.75 Å². The molecular formula is C23H27ClO4. The molecule has 0 aliphatic heterocycles. The summed E-state index contributed by atoms with van der Waals surface area (Å²) in [6, 6.07) is 11.9. The van der Waals surface area contributed by atoms with Crippen molar-refractivity contribution in [2.24, 2.45) is 0 Å². The number of phenolic OH excluding ortho intramolecular Hbond substituents is 1. The van der Waals surface area contributed by atoms with Gasteiger partial charge < -0.3 is 20.1 Å². The molecule has 0 aliphatic carbocycles. The second kappa shape index (κ2) is 10.9. The first-order chi connectivity index (χ1) is 13.4. The number of ether oxygens (including phenoxy) is 1. The minimum Gasteiger partial charge on any atom is -0.508 e. The van der Waals surface area contributed by atoms with E-state index in [1.165, 1.54) is 12.1 Å². The predicted molar refractivity (Wildman–Crippen MR) is 112 cm³/mol. The Morgan fingerprint density at radius 3 is 2.46 bits per heavy atom. The first-order valence-corrected chi connectivity index (χ1v) is 9.73. The molecule has 0 radical (unpaired) electrons. The van der Waals surface area contributed by atoms with Crippen LogP contribution in [0.5, 0.6) is 11.5 Å². The van der Waals surface area contributed by atoms with E-state index in [2.05, 4.69) is 12.7 Å². The first-order valence-electron chi connectivity index (χ1n) is 9.36. The molecule has 0 aliphatic rings. The van der Waals surface area contributed by atoms with Crippen LogP contribution in [0.4, 0.5) is 0 Å². The third kappa shape index (κ3) is 6.43. The summed E-state index contributed by atoms with van der Waals surface area (Å²) in [6.07, 6.45) is 2.96. The zero-order valence-electron chi connectivity index (χ0n) is 16.2. The average Bonchev–Trinajstić information content (AvgIpc) is 2.68. The van der Waals surface area contributed by atoms with Gasteiger partial charge in [-0.15, -0.1) is 5.73 Å². The van der Waals surface area contributed by atoms with E-state index in [1.807, 2.05) is 24.3 Å². The Hall–Kier alpha value is -2.23. The van der Waals surface area contributed by atoms with Crippen molar-refractivity contribution in [3.8, 4) is 11.5 Å². The fourth-order valence-electron chi connectivity index (χ4n) is 2.94. The van der Waals surface area contributed by atoms with Crippen molar-refractivity contribution in [1.82, 2.24) is 0 Å². The number of hydrogen-bond acceptors (Lipinski definition) is 4. The van der Waals surface area contributed by atoms with Crippen LogP contribution in [-0.4, -0.2) is 22.4 Å². The lowest BCUT2D eigenvalue weighted by atomic mass is 9.98. The summed E-state index contributed by atoms with van der Waals surface area (Å²) in [5.41, 5.74) is 5.61. The van der Waals surface area contributed by atoms with Crippen LogP contribution < -0.4 is 4.74 Å². The Kier molecular flexibility index (Phi) is 8.62. The molecule has 2 atom stereocenters. The molecule has 5 heteroatoms. The summed E-state index contributed by atoms with van der Waals surface area (Å²) in [6.45, 7) is 2.08. The van der Waals surface area contributed by atoms with Gasteiger partial charge in [0, 0.05) is 12.8 Å². The van der Waals surface area contributed by atoms with Crippen LogP contribution in [0.25, 0.3) is 0 Å². The van der Waals surface area contributed by atoms with Crippen LogP contribution in [0.1, 0.15) is 55.9 Å². The van der Waals surface area contributed by atoms with E-state index in [4.69, 9.17) is 16.3 Å². The number of halogens is 1. The highest BCUT2D eigenvalue weighted by atomic mass is 35.5. The third-order valence-electron chi connectivity index (χ3n) is 4.48. The SMILES string of the molecule is CCCC(=C=CC[C@@H](O)c1ccc(O)cc1Cl)C[C@@H](O)c1ccc(OC)cc1. The lowest BCUT2D eigenvalue weighted by Crippen LogP contribution is -1.99. The molecule has 3 N–H and O–H groups in total. The third-order valence-corrected chi connectivity index (χ3v) is 4.81. The smallest absolute Gasteiger partial charge is 0.118 e. The summed E-state index contributed by atoms with van der Waals surface area (Å²) in [7, 11) is 1.61. The van der Waals surface area contributed by atoms with Crippen molar-refractivity contribution in [2.45, 2.75) is 44.8 Å². The Morgan fingerprint density at radius 1 is 1.14 bits per heavy atom. The largest absolute Gasteiger partial charge is 0.508 e. The van der Waals surface area contributed by atoms with Crippen LogP contribution in [0.2, 0.25) is 5.02 Å². The molecule has 2 aromatic rings. The van der Waals surface area contributed by atoms with Crippen LogP contribution in [0.15, 0.2) is 59.8 Å². The summed E-state index contributed by atoms with van der Waals surface area (Å²) < 4.78 is 5.14. The maximum absolute atomic E-state index is 10.5. The van der Waals surface area contributed by atoms with E-state index in [9.17, 15) is 15.3 Å². The van der Waals surface area contributed by atoms with Crippen molar-refractivity contribution in [2.75, 3.05) is 7.11 Å². The molecule has 0 saturated heterocycles. The van der Waals surface area contributed by atoms with Crippen molar-refractivity contribution >= 4 is 11.6 Å². The van der Waals surface area contributed by atoms with Gasteiger partial charge in [-0.25, -0.2) is 0 Å². The van der Waals surface area contributed by atoms with Crippen molar-refractivity contribution < 1.29 is 20.1 Å². The molecule has 0 spiro atoms. The van der Waals surface area contributed by atoms with E-state index < -0.39 is 12.2 Å². The number of phenols is 1. The zero-order chi connectivity index (χ0) is 20.5. The molecule has 0 bridgehead atoms. The number of aliphatic hydroxyl groups is 2. The molecule has 0 amide bonds. The maximum Gasteiger partial charge on any atom is 0.118 e. The minimum absolute atomic E-state index is 0.0640. The number of rotatable bonds is 9. The minimum atomic E-state index is -0.782. The fraction of sp³-hybridized carbons (Fsp3) is 0.348. The monoisotopic (exact) mass is 402 g/mol. The highest BCUT2D eigenvalue weighted by Gasteiger charge is 2.12. The molecule has 4 nitrogen and oxygen atoms in total. The van der Waals surface area contributed by atoms with E-state index >= 15 is 0 Å². The van der Waals surface area contributed by atoms with Gasteiger partial charge in [0.25, 0.3) is 0 Å². The predicted octanol–water partition coefficient (Wildman–Crippen LogP) is 5.48. The van der Waals surface area contributed by atoms with Crippen LogP contribution >= 0.6 is 11.6 Å². The van der Waals surface area contributed by atoms with Gasteiger partial charge in [0.1, 0.15) is 11.5 Å². The first kappa shape index (κ1) is 22.1.